The zero-order chi connectivity index (χ0) is 20.1. The van der Waals surface area contributed by atoms with Crippen LogP contribution in [0.25, 0.3) is 10.9 Å². The lowest BCUT2D eigenvalue weighted by atomic mass is 9.82. The van der Waals surface area contributed by atoms with Crippen molar-refractivity contribution in [3.05, 3.63) is 38.4 Å². The lowest BCUT2D eigenvalue weighted by molar-refractivity contribution is -0.143. The van der Waals surface area contributed by atoms with Gasteiger partial charge in [-0.2, -0.15) is 0 Å². The summed E-state index contributed by atoms with van der Waals surface area (Å²) >= 11 is 12.3. The minimum Gasteiger partial charge on any atom is -0.381 e. The van der Waals surface area contributed by atoms with Crippen LogP contribution < -0.4 is 5.56 Å². The van der Waals surface area contributed by atoms with Crippen LogP contribution in [0.3, 0.4) is 0 Å². The van der Waals surface area contributed by atoms with Crippen LogP contribution in [0.2, 0.25) is 10.0 Å². The van der Waals surface area contributed by atoms with Crippen LogP contribution in [-0.2, 0) is 16.1 Å². The molecular formula is C21H23Cl2N3O3. The molecule has 2 aromatic rings. The number of likely N-dealkylation sites (tertiary alicyclic amines) is 1. The number of hydrogen-bond acceptors (Lipinski definition) is 4. The first kappa shape index (κ1) is 19.3. The van der Waals surface area contributed by atoms with Crippen molar-refractivity contribution in [1.82, 2.24) is 14.5 Å². The maximum atomic E-state index is 13.2. The van der Waals surface area contributed by atoms with E-state index in [2.05, 4.69) is 4.90 Å². The Morgan fingerprint density at radius 1 is 1.07 bits per heavy atom. The average Bonchev–Trinajstić information content (AvgIpc) is 2.75. The second-order valence-electron chi connectivity index (χ2n) is 8.23. The Morgan fingerprint density at radius 2 is 1.83 bits per heavy atom. The number of nitrogens with zero attached hydrogens (tertiary/aromatic N) is 3. The van der Waals surface area contributed by atoms with Gasteiger partial charge in [0.25, 0.3) is 5.56 Å². The maximum Gasteiger partial charge on any atom is 0.261 e. The number of aromatic nitrogens is 2. The van der Waals surface area contributed by atoms with E-state index in [9.17, 15) is 9.59 Å². The zero-order valence-electron chi connectivity index (χ0n) is 16.1. The van der Waals surface area contributed by atoms with Crippen molar-refractivity contribution in [2.45, 2.75) is 50.6 Å². The minimum atomic E-state index is -0.0742. The van der Waals surface area contributed by atoms with Crippen molar-refractivity contribution in [2.75, 3.05) is 19.8 Å². The molecule has 2 atom stereocenters. The Kier molecular flexibility index (Phi) is 5.04. The monoisotopic (exact) mass is 435 g/mol. The van der Waals surface area contributed by atoms with Gasteiger partial charge in [0.2, 0.25) is 5.91 Å². The van der Waals surface area contributed by atoms with Crippen LogP contribution in [0.5, 0.6) is 0 Å². The molecule has 154 valence electrons. The van der Waals surface area contributed by atoms with Gasteiger partial charge in [0.05, 0.1) is 20.9 Å². The molecule has 0 N–H and O–H groups in total. The van der Waals surface area contributed by atoms with E-state index in [1.165, 1.54) is 0 Å². The molecule has 29 heavy (non-hydrogen) atoms. The third kappa shape index (κ3) is 3.25. The Hall–Kier alpha value is -1.63. The number of carbonyl (C=O) groups excluding carboxylic acids is 1. The van der Waals surface area contributed by atoms with Crippen LogP contribution in [0, 0.1) is 5.92 Å². The molecule has 0 saturated carbocycles. The van der Waals surface area contributed by atoms with Crippen LogP contribution in [0.15, 0.2) is 16.9 Å². The summed E-state index contributed by atoms with van der Waals surface area (Å²) in [4.78, 5) is 33.2. The average molecular weight is 436 g/mol. The van der Waals surface area contributed by atoms with Gasteiger partial charge < -0.3 is 9.64 Å². The Bertz CT molecular complexity index is 1030. The third-order valence-electron chi connectivity index (χ3n) is 6.64. The predicted octanol–water partition coefficient (Wildman–Crippen LogP) is 3.61. The molecule has 1 aromatic heterocycles. The minimum absolute atomic E-state index is 0.0529. The number of halogens is 2. The molecular weight excluding hydrogens is 413 g/mol. The molecule has 2 fully saturated rings. The van der Waals surface area contributed by atoms with E-state index in [0.717, 1.165) is 44.5 Å². The fourth-order valence-corrected chi connectivity index (χ4v) is 5.48. The Balaban J connectivity index is 1.52. The van der Waals surface area contributed by atoms with Gasteiger partial charge in [-0.3, -0.25) is 14.2 Å². The van der Waals surface area contributed by atoms with E-state index in [0.29, 0.717) is 40.7 Å². The topological polar surface area (TPSA) is 64.4 Å². The molecule has 3 aliphatic heterocycles. The summed E-state index contributed by atoms with van der Waals surface area (Å²) in [5.74, 6) is 1.15. The molecule has 1 amide bonds. The summed E-state index contributed by atoms with van der Waals surface area (Å²) in [5, 5.41) is 1.24. The fraction of sp³-hybridized carbons (Fsp3) is 0.571. The van der Waals surface area contributed by atoms with Gasteiger partial charge in [-0.25, -0.2) is 4.98 Å². The molecule has 3 aliphatic rings. The summed E-state index contributed by atoms with van der Waals surface area (Å²) in [6.07, 6.45) is 4.23. The van der Waals surface area contributed by atoms with E-state index in [4.69, 9.17) is 32.9 Å². The quantitative estimate of drug-likeness (QED) is 0.685. The maximum absolute atomic E-state index is 13.2. The van der Waals surface area contributed by atoms with E-state index in [1.54, 1.807) is 16.7 Å². The number of rotatable bonds is 1. The van der Waals surface area contributed by atoms with Gasteiger partial charge in [-0.15, -0.1) is 0 Å². The van der Waals surface area contributed by atoms with Crippen LogP contribution in [0.4, 0.5) is 0 Å². The van der Waals surface area contributed by atoms with Crippen LogP contribution in [-0.4, -0.2) is 46.2 Å². The first-order valence-electron chi connectivity index (χ1n) is 10.3. The number of piperidine rings is 1. The Morgan fingerprint density at radius 3 is 2.62 bits per heavy atom. The van der Waals surface area contributed by atoms with Gasteiger partial charge in [-0.1, -0.05) is 23.2 Å². The van der Waals surface area contributed by atoms with Gasteiger partial charge in [0.1, 0.15) is 5.82 Å². The molecule has 0 aliphatic carbocycles. The summed E-state index contributed by atoms with van der Waals surface area (Å²) in [7, 11) is 0. The van der Waals surface area contributed by atoms with Gasteiger partial charge in [0, 0.05) is 44.2 Å². The second kappa shape index (κ2) is 7.56. The summed E-state index contributed by atoms with van der Waals surface area (Å²) < 4.78 is 7.20. The lowest BCUT2D eigenvalue weighted by Gasteiger charge is -2.45. The summed E-state index contributed by atoms with van der Waals surface area (Å²) in [6, 6.07) is 3.38. The number of ether oxygens (including phenoxy) is 1. The predicted molar refractivity (Wildman–Crippen MR) is 112 cm³/mol. The third-order valence-corrected chi connectivity index (χ3v) is 7.36. The molecule has 4 heterocycles. The summed E-state index contributed by atoms with van der Waals surface area (Å²) in [6.45, 7) is 2.67. The molecule has 8 heteroatoms. The first-order chi connectivity index (χ1) is 14.0. The van der Waals surface area contributed by atoms with E-state index < -0.39 is 0 Å². The second-order valence-corrected chi connectivity index (χ2v) is 9.05. The van der Waals surface area contributed by atoms with Crippen molar-refractivity contribution in [2.24, 2.45) is 5.92 Å². The molecule has 0 unspecified atom stereocenters. The van der Waals surface area contributed by atoms with E-state index in [-0.39, 0.29) is 29.3 Å². The first-order valence-corrected chi connectivity index (χ1v) is 11.1. The largest absolute Gasteiger partial charge is 0.381 e. The van der Waals surface area contributed by atoms with Crippen LogP contribution in [0.1, 0.15) is 43.8 Å². The van der Waals surface area contributed by atoms with Crippen molar-refractivity contribution < 1.29 is 9.53 Å². The van der Waals surface area contributed by atoms with Crippen molar-refractivity contribution in [3.8, 4) is 0 Å². The van der Waals surface area contributed by atoms with Crippen LogP contribution >= 0.6 is 23.2 Å². The molecule has 0 bridgehead atoms. The van der Waals surface area contributed by atoms with Crippen molar-refractivity contribution in [3.63, 3.8) is 0 Å². The molecule has 5 rings (SSSR count). The summed E-state index contributed by atoms with van der Waals surface area (Å²) in [5.41, 5.74) is 0.499. The van der Waals surface area contributed by atoms with Crippen molar-refractivity contribution in [1.29, 1.82) is 0 Å². The zero-order valence-corrected chi connectivity index (χ0v) is 17.6. The van der Waals surface area contributed by atoms with E-state index >= 15 is 0 Å². The van der Waals surface area contributed by atoms with Gasteiger partial charge in [0.15, 0.2) is 0 Å². The highest BCUT2D eigenvalue weighted by Gasteiger charge is 2.42. The number of fused-ring (bicyclic) bond motifs is 4. The Labute approximate surface area is 178 Å². The number of hydrogen-bond donors (Lipinski definition) is 0. The van der Waals surface area contributed by atoms with Gasteiger partial charge >= 0.3 is 0 Å². The number of amides is 1. The van der Waals surface area contributed by atoms with Gasteiger partial charge in [-0.05, 0) is 44.2 Å². The smallest absolute Gasteiger partial charge is 0.261 e. The highest BCUT2D eigenvalue weighted by Crippen LogP contribution is 2.38. The SMILES string of the molecule is O=C(C1CCOCC1)N1CCC[C@@H]2c3nc4cc(Cl)c(Cl)cc4c(=O)n3CC[C@H]21. The normalized spacial score (nSPS) is 25.0. The lowest BCUT2D eigenvalue weighted by Crippen LogP contribution is -2.53. The number of benzene rings is 1. The molecule has 0 radical (unpaired) electrons. The fourth-order valence-electron chi connectivity index (χ4n) is 5.16. The molecule has 0 spiro atoms. The molecule has 1 aromatic carbocycles. The van der Waals surface area contributed by atoms with E-state index in [1.807, 2.05) is 0 Å². The number of carbonyl (C=O) groups is 1. The standard InChI is InChI=1S/C21H23Cl2N3O3/c22-15-10-14-17(11-16(15)23)24-19-13-2-1-6-25(18(13)3-7-26(19)21(14)28)20(27)12-4-8-29-9-5-12/h10-13,18H,1-9H2/t13-,18+/m0/s1. The molecule has 6 nitrogen and oxygen atoms in total. The highest BCUT2D eigenvalue weighted by molar-refractivity contribution is 6.42. The molecule has 2 saturated heterocycles. The van der Waals surface area contributed by atoms with Crippen molar-refractivity contribution >= 4 is 40.0 Å². The highest BCUT2D eigenvalue weighted by atomic mass is 35.5.